The van der Waals surface area contributed by atoms with Crippen molar-refractivity contribution in [3.63, 3.8) is 0 Å². The molecule has 0 bridgehead atoms. The maximum absolute atomic E-state index is 12.4. The Balaban J connectivity index is 1.62. The number of carbonyl (C=O) groups excluding carboxylic acids is 1. The third kappa shape index (κ3) is 6.16. The molecule has 0 aliphatic carbocycles. The van der Waals surface area contributed by atoms with Crippen molar-refractivity contribution in [2.45, 2.75) is 6.54 Å². The number of rotatable bonds is 9. The van der Waals surface area contributed by atoms with E-state index in [1.165, 1.54) is 16.4 Å². The Labute approximate surface area is 190 Å². The van der Waals surface area contributed by atoms with Gasteiger partial charge in [0.2, 0.25) is 10.0 Å². The molecule has 2 aromatic carbocycles. The lowest BCUT2D eigenvalue weighted by molar-refractivity contribution is -0.384. The molecule has 0 unspecified atom stereocenters. The highest BCUT2D eigenvalue weighted by Gasteiger charge is 2.24. The number of nitro benzene ring substituents is 1. The first-order valence-corrected chi connectivity index (χ1v) is 11.9. The quantitative estimate of drug-likeness (QED) is 0.414. The van der Waals surface area contributed by atoms with E-state index in [4.69, 9.17) is 16.3 Å². The van der Waals surface area contributed by atoms with E-state index < -0.39 is 20.9 Å². The molecule has 3 rings (SSSR count). The average molecular weight is 483 g/mol. The number of benzene rings is 2. The van der Waals surface area contributed by atoms with Crippen LogP contribution in [-0.2, 0) is 21.3 Å². The normalized spacial score (nSPS) is 14.7. The Morgan fingerprint density at radius 1 is 1.19 bits per heavy atom. The van der Waals surface area contributed by atoms with Crippen LogP contribution in [0.3, 0.4) is 0 Å². The van der Waals surface area contributed by atoms with Crippen LogP contribution in [0.4, 0.5) is 11.4 Å². The SMILES string of the molecule is O=C(NCCS(=O)(=O)N1CCOCC1)c1ccc(NCc2ccccc2Cl)c([N+](=O)[O-])c1. The van der Waals surface area contributed by atoms with Crippen molar-refractivity contribution >= 4 is 38.9 Å². The van der Waals surface area contributed by atoms with Gasteiger partial charge in [-0.3, -0.25) is 14.9 Å². The van der Waals surface area contributed by atoms with Gasteiger partial charge in [-0.05, 0) is 23.8 Å². The molecule has 1 amide bonds. The summed E-state index contributed by atoms with van der Waals surface area (Å²) in [7, 11) is -3.52. The predicted molar refractivity (Wildman–Crippen MR) is 120 cm³/mol. The minimum absolute atomic E-state index is 0.0590. The third-order valence-electron chi connectivity index (χ3n) is 4.89. The number of anilines is 1. The molecule has 172 valence electrons. The number of nitrogens with zero attached hydrogens (tertiary/aromatic N) is 2. The van der Waals surface area contributed by atoms with Crippen LogP contribution in [0.15, 0.2) is 42.5 Å². The van der Waals surface area contributed by atoms with Gasteiger partial charge in [0.05, 0.1) is 23.9 Å². The summed E-state index contributed by atoms with van der Waals surface area (Å²) in [6.07, 6.45) is 0. The predicted octanol–water partition coefficient (Wildman–Crippen LogP) is 2.25. The number of nitro groups is 1. The van der Waals surface area contributed by atoms with E-state index in [0.29, 0.717) is 18.2 Å². The fraction of sp³-hybridized carbons (Fsp3) is 0.350. The first kappa shape index (κ1) is 23.9. The number of hydrogen-bond acceptors (Lipinski definition) is 7. The van der Waals surface area contributed by atoms with Crippen molar-refractivity contribution in [1.82, 2.24) is 9.62 Å². The number of ether oxygens (including phenoxy) is 1. The molecule has 0 radical (unpaired) electrons. The number of morpholine rings is 1. The topological polar surface area (TPSA) is 131 Å². The van der Waals surface area contributed by atoms with E-state index in [-0.39, 0.29) is 48.9 Å². The van der Waals surface area contributed by atoms with Gasteiger partial charge in [-0.15, -0.1) is 0 Å². The highest BCUT2D eigenvalue weighted by molar-refractivity contribution is 7.89. The van der Waals surface area contributed by atoms with Crippen LogP contribution in [0.5, 0.6) is 0 Å². The number of carbonyl (C=O) groups is 1. The average Bonchev–Trinajstić information content (AvgIpc) is 2.79. The van der Waals surface area contributed by atoms with E-state index in [0.717, 1.165) is 11.6 Å². The molecule has 1 heterocycles. The molecule has 2 N–H and O–H groups in total. The van der Waals surface area contributed by atoms with Crippen molar-refractivity contribution in [3.8, 4) is 0 Å². The van der Waals surface area contributed by atoms with Crippen molar-refractivity contribution < 1.29 is 22.9 Å². The number of halogens is 1. The molecule has 0 atom stereocenters. The largest absolute Gasteiger partial charge is 0.379 e. The maximum Gasteiger partial charge on any atom is 0.293 e. The Kier molecular flexibility index (Phi) is 8.02. The van der Waals surface area contributed by atoms with Crippen LogP contribution < -0.4 is 10.6 Å². The van der Waals surface area contributed by atoms with Gasteiger partial charge < -0.3 is 15.4 Å². The van der Waals surface area contributed by atoms with Crippen molar-refractivity contribution in [1.29, 1.82) is 0 Å². The first-order valence-electron chi connectivity index (χ1n) is 9.87. The highest BCUT2D eigenvalue weighted by atomic mass is 35.5. The van der Waals surface area contributed by atoms with E-state index in [1.54, 1.807) is 18.2 Å². The van der Waals surface area contributed by atoms with Crippen molar-refractivity contribution in [2.24, 2.45) is 0 Å². The molecular weight excluding hydrogens is 460 g/mol. The monoisotopic (exact) mass is 482 g/mol. The number of hydrogen-bond donors (Lipinski definition) is 2. The standard InChI is InChI=1S/C20H23ClN4O6S/c21-17-4-2-1-3-16(17)14-23-18-6-5-15(13-19(18)25(27)28)20(26)22-7-12-32(29,30)24-8-10-31-11-9-24/h1-6,13,23H,7-12,14H2,(H,22,26). The van der Waals surface area contributed by atoms with E-state index in [1.807, 2.05) is 6.07 Å². The zero-order valence-corrected chi connectivity index (χ0v) is 18.7. The minimum atomic E-state index is -3.52. The summed E-state index contributed by atoms with van der Waals surface area (Å²) < 4.78 is 31.1. The molecule has 12 heteroatoms. The lowest BCUT2D eigenvalue weighted by atomic mass is 10.1. The molecular formula is C20H23ClN4O6S. The highest BCUT2D eigenvalue weighted by Crippen LogP contribution is 2.27. The molecule has 1 aliphatic heterocycles. The van der Waals surface area contributed by atoms with E-state index in [2.05, 4.69) is 10.6 Å². The Hall–Kier alpha value is -2.73. The zero-order chi connectivity index (χ0) is 23.1. The summed E-state index contributed by atoms with van der Waals surface area (Å²) in [4.78, 5) is 23.3. The second kappa shape index (κ2) is 10.7. The Morgan fingerprint density at radius 3 is 2.59 bits per heavy atom. The molecule has 0 saturated carbocycles. The van der Waals surface area contributed by atoms with E-state index in [9.17, 15) is 23.3 Å². The minimum Gasteiger partial charge on any atom is -0.379 e. The van der Waals surface area contributed by atoms with Crippen LogP contribution in [0.1, 0.15) is 15.9 Å². The Morgan fingerprint density at radius 2 is 1.91 bits per heavy atom. The molecule has 2 aromatic rings. The lowest BCUT2D eigenvalue weighted by Gasteiger charge is -2.26. The lowest BCUT2D eigenvalue weighted by Crippen LogP contribution is -2.43. The maximum atomic E-state index is 12.4. The summed E-state index contributed by atoms with van der Waals surface area (Å²) in [5.74, 6) is -0.860. The van der Waals surface area contributed by atoms with Crippen LogP contribution in [0.25, 0.3) is 0 Å². The molecule has 0 spiro atoms. The molecule has 10 nitrogen and oxygen atoms in total. The van der Waals surface area contributed by atoms with Gasteiger partial charge in [-0.1, -0.05) is 29.8 Å². The van der Waals surface area contributed by atoms with Gasteiger partial charge in [0.15, 0.2) is 0 Å². The number of nitrogens with one attached hydrogen (secondary N) is 2. The number of amides is 1. The van der Waals surface area contributed by atoms with Gasteiger partial charge in [-0.2, -0.15) is 4.31 Å². The molecule has 1 aliphatic rings. The zero-order valence-electron chi connectivity index (χ0n) is 17.1. The summed E-state index contributed by atoms with van der Waals surface area (Å²) in [5, 5.41) is 17.5. The molecule has 32 heavy (non-hydrogen) atoms. The Bertz CT molecular complexity index is 1090. The number of sulfonamides is 1. The second-order valence-electron chi connectivity index (χ2n) is 7.02. The second-order valence-corrected chi connectivity index (χ2v) is 9.51. The van der Waals surface area contributed by atoms with Gasteiger partial charge in [0.25, 0.3) is 11.6 Å². The van der Waals surface area contributed by atoms with Crippen LogP contribution in [0.2, 0.25) is 5.02 Å². The molecule has 0 aromatic heterocycles. The van der Waals surface area contributed by atoms with Crippen LogP contribution in [-0.4, -0.2) is 62.2 Å². The van der Waals surface area contributed by atoms with Gasteiger partial charge in [0, 0.05) is 42.8 Å². The molecule has 1 fully saturated rings. The third-order valence-corrected chi connectivity index (χ3v) is 7.13. The van der Waals surface area contributed by atoms with Crippen molar-refractivity contribution in [3.05, 3.63) is 68.7 Å². The van der Waals surface area contributed by atoms with Gasteiger partial charge in [-0.25, -0.2) is 8.42 Å². The summed E-state index contributed by atoms with van der Waals surface area (Å²) >= 11 is 6.11. The summed E-state index contributed by atoms with van der Waals surface area (Å²) in [6.45, 7) is 1.40. The van der Waals surface area contributed by atoms with Crippen LogP contribution >= 0.6 is 11.6 Å². The van der Waals surface area contributed by atoms with Gasteiger partial charge in [0.1, 0.15) is 5.69 Å². The molecule has 1 saturated heterocycles. The summed E-state index contributed by atoms with van der Waals surface area (Å²) in [5.41, 5.74) is 0.794. The smallest absolute Gasteiger partial charge is 0.293 e. The van der Waals surface area contributed by atoms with Crippen molar-refractivity contribution in [2.75, 3.05) is 43.9 Å². The summed E-state index contributed by atoms with van der Waals surface area (Å²) in [6, 6.07) is 11.1. The fourth-order valence-electron chi connectivity index (χ4n) is 3.16. The fourth-order valence-corrected chi connectivity index (χ4v) is 4.68. The van der Waals surface area contributed by atoms with Crippen LogP contribution in [0, 0.1) is 10.1 Å². The van der Waals surface area contributed by atoms with Gasteiger partial charge >= 0.3 is 0 Å². The van der Waals surface area contributed by atoms with E-state index >= 15 is 0 Å². The first-order chi connectivity index (χ1) is 15.3.